The molecule has 1 N–H and O–H groups in total. The average Bonchev–Trinajstić information content (AvgIpc) is 2.35. The van der Waals surface area contributed by atoms with Crippen LogP contribution < -0.4 is 0 Å². The molecule has 0 aliphatic carbocycles. The molecule has 0 aromatic carbocycles. The first-order valence-corrected chi connectivity index (χ1v) is 7.70. The lowest BCUT2D eigenvalue weighted by Gasteiger charge is -2.44. The van der Waals surface area contributed by atoms with Crippen molar-refractivity contribution in [1.82, 2.24) is 9.80 Å². The van der Waals surface area contributed by atoms with E-state index in [2.05, 4.69) is 0 Å². The van der Waals surface area contributed by atoms with Gasteiger partial charge >= 0.3 is 12.0 Å². The number of rotatable bonds is 2. The Morgan fingerprint density at radius 2 is 1.86 bits per heavy atom. The Morgan fingerprint density at radius 3 is 2.38 bits per heavy atom. The third kappa shape index (κ3) is 4.33. The average molecular weight is 298 g/mol. The number of carbonyl (C=O) groups excluding carboxylic acids is 1. The number of ether oxygens (including phenoxy) is 1. The molecule has 2 fully saturated rings. The number of amides is 2. The third-order valence-corrected chi connectivity index (χ3v) is 4.19. The zero-order valence-corrected chi connectivity index (χ0v) is 13.2. The van der Waals surface area contributed by atoms with Crippen molar-refractivity contribution in [3.63, 3.8) is 0 Å². The first-order valence-electron chi connectivity index (χ1n) is 7.70. The summed E-state index contributed by atoms with van der Waals surface area (Å²) in [5, 5.41) is 8.83. The van der Waals surface area contributed by atoms with Crippen LogP contribution in [0.1, 0.15) is 40.0 Å². The molecule has 6 heteroatoms. The predicted octanol–water partition coefficient (Wildman–Crippen LogP) is 1.79. The molecule has 2 aliphatic heterocycles. The maximum atomic E-state index is 12.6. The summed E-state index contributed by atoms with van der Waals surface area (Å²) in [6, 6.07) is 0.0620. The summed E-state index contributed by atoms with van der Waals surface area (Å²) >= 11 is 0. The van der Waals surface area contributed by atoms with E-state index in [-0.39, 0.29) is 30.1 Å². The number of hydrogen-bond donors (Lipinski definition) is 1. The van der Waals surface area contributed by atoms with Crippen LogP contribution >= 0.6 is 0 Å². The number of morpholine rings is 1. The summed E-state index contributed by atoms with van der Waals surface area (Å²) in [6.45, 7) is 8.53. The highest BCUT2D eigenvalue weighted by Crippen LogP contribution is 2.25. The second-order valence-corrected chi connectivity index (χ2v) is 6.88. The SMILES string of the molecule is CC1CN(C(=O)N2CCC(CC(=O)O)CC2)CC(C)(C)O1. The molecule has 1 atom stereocenters. The van der Waals surface area contributed by atoms with E-state index < -0.39 is 5.97 Å². The van der Waals surface area contributed by atoms with Crippen LogP contribution in [0.4, 0.5) is 4.79 Å². The van der Waals surface area contributed by atoms with Gasteiger partial charge in [-0.25, -0.2) is 4.79 Å². The van der Waals surface area contributed by atoms with Gasteiger partial charge in [-0.05, 0) is 39.5 Å². The molecule has 0 bridgehead atoms. The number of urea groups is 1. The Bertz CT molecular complexity index is 402. The van der Waals surface area contributed by atoms with E-state index in [1.54, 1.807) is 0 Å². The fraction of sp³-hybridized carbons (Fsp3) is 0.867. The largest absolute Gasteiger partial charge is 0.481 e. The minimum atomic E-state index is -0.747. The highest BCUT2D eigenvalue weighted by atomic mass is 16.5. The first-order chi connectivity index (χ1) is 9.77. The maximum absolute atomic E-state index is 12.6. The minimum absolute atomic E-state index is 0.0437. The number of likely N-dealkylation sites (tertiary alicyclic amines) is 1. The van der Waals surface area contributed by atoms with Crippen LogP contribution in [0.3, 0.4) is 0 Å². The topological polar surface area (TPSA) is 70.1 Å². The van der Waals surface area contributed by atoms with Gasteiger partial charge in [0.25, 0.3) is 0 Å². The second kappa shape index (κ2) is 6.22. The van der Waals surface area contributed by atoms with Crippen molar-refractivity contribution in [2.75, 3.05) is 26.2 Å². The fourth-order valence-corrected chi connectivity index (χ4v) is 3.37. The molecular formula is C15H26N2O4. The van der Waals surface area contributed by atoms with Crippen molar-refractivity contribution in [3.05, 3.63) is 0 Å². The van der Waals surface area contributed by atoms with Gasteiger partial charge < -0.3 is 19.6 Å². The molecule has 2 amide bonds. The molecule has 2 aliphatic rings. The molecule has 2 heterocycles. The lowest BCUT2D eigenvalue weighted by molar-refractivity contribution is -0.138. The molecule has 0 aromatic heterocycles. The molecule has 120 valence electrons. The second-order valence-electron chi connectivity index (χ2n) is 6.88. The summed E-state index contributed by atoms with van der Waals surface area (Å²) in [5.41, 5.74) is -0.311. The van der Waals surface area contributed by atoms with Crippen LogP contribution in [0.2, 0.25) is 0 Å². The van der Waals surface area contributed by atoms with Gasteiger partial charge in [-0.2, -0.15) is 0 Å². The number of carboxylic acids is 1. The van der Waals surface area contributed by atoms with Gasteiger partial charge in [-0.3, -0.25) is 4.79 Å². The zero-order valence-electron chi connectivity index (χ0n) is 13.2. The van der Waals surface area contributed by atoms with E-state index in [0.717, 1.165) is 12.8 Å². The van der Waals surface area contributed by atoms with E-state index in [1.807, 2.05) is 30.6 Å². The van der Waals surface area contributed by atoms with E-state index in [4.69, 9.17) is 9.84 Å². The molecule has 2 rings (SSSR count). The van der Waals surface area contributed by atoms with Gasteiger partial charge in [-0.1, -0.05) is 0 Å². The molecule has 0 radical (unpaired) electrons. The van der Waals surface area contributed by atoms with Crippen LogP contribution in [-0.4, -0.2) is 64.8 Å². The van der Waals surface area contributed by atoms with Gasteiger partial charge in [0.05, 0.1) is 18.2 Å². The quantitative estimate of drug-likeness (QED) is 0.844. The van der Waals surface area contributed by atoms with Crippen LogP contribution in [0.5, 0.6) is 0 Å². The standard InChI is InChI=1S/C15H26N2O4/c1-11-9-17(10-15(2,3)21-11)14(20)16-6-4-12(5-7-16)8-13(18)19/h11-12H,4-10H2,1-3H3,(H,18,19). The summed E-state index contributed by atoms with van der Waals surface area (Å²) in [4.78, 5) is 27.1. The smallest absolute Gasteiger partial charge is 0.320 e. The van der Waals surface area contributed by atoms with Gasteiger partial charge in [-0.15, -0.1) is 0 Å². The highest BCUT2D eigenvalue weighted by molar-refractivity contribution is 5.75. The predicted molar refractivity (Wildman–Crippen MR) is 78.1 cm³/mol. The van der Waals surface area contributed by atoms with Crippen LogP contribution in [0.25, 0.3) is 0 Å². The molecule has 1 unspecified atom stereocenters. The Morgan fingerprint density at radius 1 is 1.24 bits per heavy atom. The maximum Gasteiger partial charge on any atom is 0.320 e. The number of hydrogen-bond acceptors (Lipinski definition) is 3. The number of carboxylic acid groups (broad SMARTS) is 1. The summed E-state index contributed by atoms with van der Waals surface area (Å²) in [5.74, 6) is -0.546. The number of piperidine rings is 1. The van der Waals surface area contributed by atoms with E-state index in [9.17, 15) is 9.59 Å². The van der Waals surface area contributed by atoms with Crippen LogP contribution in [0.15, 0.2) is 0 Å². The summed E-state index contributed by atoms with van der Waals surface area (Å²) in [7, 11) is 0. The van der Waals surface area contributed by atoms with Gasteiger partial charge in [0, 0.05) is 26.1 Å². The molecule has 6 nitrogen and oxygen atoms in total. The van der Waals surface area contributed by atoms with Crippen molar-refractivity contribution in [3.8, 4) is 0 Å². The van der Waals surface area contributed by atoms with Crippen molar-refractivity contribution >= 4 is 12.0 Å². The minimum Gasteiger partial charge on any atom is -0.481 e. The molecule has 2 saturated heterocycles. The lowest BCUT2D eigenvalue weighted by Crippen LogP contribution is -2.57. The van der Waals surface area contributed by atoms with Gasteiger partial charge in [0.2, 0.25) is 0 Å². The van der Waals surface area contributed by atoms with Crippen molar-refractivity contribution < 1.29 is 19.4 Å². The zero-order chi connectivity index (χ0) is 15.6. The van der Waals surface area contributed by atoms with Crippen molar-refractivity contribution in [2.45, 2.75) is 51.7 Å². The molecule has 0 aromatic rings. The number of carbonyl (C=O) groups is 2. The van der Waals surface area contributed by atoms with Gasteiger partial charge in [0.15, 0.2) is 0 Å². The normalized spacial score (nSPS) is 26.7. The van der Waals surface area contributed by atoms with E-state index >= 15 is 0 Å². The fourth-order valence-electron chi connectivity index (χ4n) is 3.37. The molecule has 21 heavy (non-hydrogen) atoms. The van der Waals surface area contributed by atoms with Crippen molar-refractivity contribution in [1.29, 1.82) is 0 Å². The monoisotopic (exact) mass is 298 g/mol. The molecule has 0 saturated carbocycles. The van der Waals surface area contributed by atoms with E-state index in [1.165, 1.54) is 0 Å². The number of aliphatic carboxylic acids is 1. The van der Waals surface area contributed by atoms with E-state index in [0.29, 0.717) is 26.2 Å². The van der Waals surface area contributed by atoms with Crippen LogP contribution in [0, 0.1) is 5.92 Å². The third-order valence-electron chi connectivity index (χ3n) is 4.19. The summed E-state index contributed by atoms with van der Waals surface area (Å²) in [6.07, 6.45) is 1.81. The highest BCUT2D eigenvalue weighted by Gasteiger charge is 2.36. The van der Waals surface area contributed by atoms with Crippen LogP contribution in [-0.2, 0) is 9.53 Å². The number of nitrogens with zero attached hydrogens (tertiary/aromatic N) is 2. The Labute approximate surface area is 126 Å². The lowest BCUT2D eigenvalue weighted by atomic mass is 9.94. The summed E-state index contributed by atoms with van der Waals surface area (Å²) < 4.78 is 5.82. The first kappa shape index (κ1) is 16.1. The molecular weight excluding hydrogens is 272 g/mol. The Balaban J connectivity index is 1.88. The Kier molecular flexibility index (Phi) is 4.76. The van der Waals surface area contributed by atoms with Crippen molar-refractivity contribution in [2.24, 2.45) is 5.92 Å². The molecule has 0 spiro atoms. The Hall–Kier alpha value is -1.30. The van der Waals surface area contributed by atoms with Gasteiger partial charge in [0.1, 0.15) is 0 Å².